The molecule has 0 bridgehead atoms. The molecule has 14 heteroatoms. The average molecular weight is 606 g/mol. The van der Waals surface area contributed by atoms with E-state index in [0.717, 1.165) is 9.54 Å². The number of aryl methyl sites for hydroxylation is 1. The number of methoxy groups -OCH3 is 1. The van der Waals surface area contributed by atoms with Crippen LogP contribution in [0.15, 0.2) is 59.6 Å². The Balaban J connectivity index is 1.54. The third kappa shape index (κ3) is 5.87. The molecule has 2 aromatic carbocycles. The molecule has 0 aliphatic carbocycles. The van der Waals surface area contributed by atoms with E-state index in [-0.39, 0.29) is 72.3 Å². The van der Waals surface area contributed by atoms with E-state index < -0.39 is 22.2 Å². The first-order chi connectivity index (χ1) is 20.0. The zero-order valence-corrected chi connectivity index (χ0v) is 24.0. The van der Waals surface area contributed by atoms with Crippen LogP contribution in [0.5, 0.6) is 11.6 Å². The Kier molecular flexibility index (Phi) is 8.30. The molecule has 0 amide bonds. The number of anilines is 2. The number of rotatable bonds is 9. The molecule has 1 fully saturated rings. The maximum atomic E-state index is 14.2. The van der Waals surface area contributed by atoms with Gasteiger partial charge in [-0.05, 0) is 49.7 Å². The van der Waals surface area contributed by atoms with Gasteiger partial charge in [-0.2, -0.15) is 23.1 Å². The van der Waals surface area contributed by atoms with Crippen molar-refractivity contribution in [2.24, 2.45) is 0 Å². The van der Waals surface area contributed by atoms with E-state index in [1.807, 2.05) is 6.92 Å². The van der Waals surface area contributed by atoms with Crippen LogP contribution in [-0.4, -0.2) is 73.5 Å². The fourth-order valence-corrected chi connectivity index (χ4v) is 6.12. The number of ether oxygens (including phenoxy) is 3. The summed E-state index contributed by atoms with van der Waals surface area (Å²) < 4.78 is 86.9. The molecule has 1 aliphatic rings. The van der Waals surface area contributed by atoms with Crippen LogP contribution < -0.4 is 14.8 Å². The maximum absolute atomic E-state index is 14.2. The van der Waals surface area contributed by atoms with Gasteiger partial charge in [0, 0.05) is 19.3 Å². The molecule has 1 aliphatic heterocycles. The van der Waals surface area contributed by atoms with Crippen molar-refractivity contribution in [1.29, 1.82) is 0 Å². The summed E-state index contributed by atoms with van der Waals surface area (Å²) in [6.07, 6.45) is -3.15. The van der Waals surface area contributed by atoms with Crippen molar-refractivity contribution in [3.63, 3.8) is 0 Å². The highest BCUT2D eigenvalue weighted by molar-refractivity contribution is 7.90. The zero-order valence-electron chi connectivity index (χ0n) is 23.2. The van der Waals surface area contributed by atoms with Crippen molar-refractivity contribution in [1.82, 2.24) is 18.8 Å². The predicted molar refractivity (Wildman–Crippen MR) is 150 cm³/mol. The van der Waals surface area contributed by atoms with Gasteiger partial charge in [0.1, 0.15) is 11.8 Å². The van der Waals surface area contributed by atoms with Crippen LogP contribution in [0.1, 0.15) is 24.1 Å². The van der Waals surface area contributed by atoms with Crippen molar-refractivity contribution >= 4 is 32.7 Å². The summed E-state index contributed by atoms with van der Waals surface area (Å²) in [5, 5.41) is 3.34. The summed E-state index contributed by atoms with van der Waals surface area (Å²) in [6.45, 7) is 4.58. The fourth-order valence-electron chi connectivity index (χ4n) is 4.83. The van der Waals surface area contributed by atoms with E-state index in [1.165, 1.54) is 48.5 Å². The Hall–Kier alpha value is -3.88. The van der Waals surface area contributed by atoms with Crippen molar-refractivity contribution < 1.29 is 35.8 Å². The molecule has 224 valence electrons. The third-order valence-electron chi connectivity index (χ3n) is 6.84. The number of nitrogens with one attached hydrogen (secondary N) is 1. The van der Waals surface area contributed by atoms with E-state index >= 15 is 0 Å². The van der Waals surface area contributed by atoms with E-state index in [1.54, 1.807) is 25.1 Å². The van der Waals surface area contributed by atoms with Crippen LogP contribution in [-0.2, 0) is 14.8 Å². The van der Waals surface area contributed by atoms with Crippen LogP contribution in [0.2, 0.25) is 0 Å². The van der Waals surface area contributed by atoms with Gasteiger partial charge in [-0.25, -0.2) is 12.4 Å². The van der Waals surface area contributed by atoms with Gasteiger partial charge in [0.25, 0.3) is 10.0 Å². The number of halogens is 3. The first-order valence-corrected chi connectivity index (χ1v) is 14.6. The van der Waals surface area contributed by atoms with Gasteiger partial charge < -0.3 is 19.5 Å². The van der Waals surface area contributed by atoms with Crippen LogP contribution >= 0.6 is 0 Å². The molecule has 0 saturated carbocycles. The van der Waals surface area contributed by atoms with Crippen molar-refractivity contribution in [3.05, 3.63) is 65.9 Å². The van der Waals surface area contributed by atoms with Gasteiger partial charge >= 0.3 is 6.18 Å². The second-order valence-electron chi connectivity index (χ2n) is 9.63. The fraction of sp³-hybridized carbons (Fsp3) is 0.357. The minimum atomic E-state index is -4.52. The maximum Gasteiger partial charge on any atom is 0.408 e. The van der Waals surface area contributed by atoms with Crippen LogP contribution in [0, 0.1) is 6.92 Å². The van der Waals surface area contributed by atoms with Gasteiger partial charge in [0.05, 0.1) is 42.9 Å². The van der Waals surface area contributed by atoms with Crippen molar-refractivity contribution in [3.8, 4) is 11.6 Å². The van der Waals surface area contributed by atoms with Crippen molar-refractivity contribution in [2.75, 3.05) is 45.3 Å². The topological polar surface area (TPSA) is 108 Å². The Bertz CT molecular complexity index is 1670. The zero-order chi connectivity index (χ0) is 30.1. The molecule has 42 heavy (non-hydrogen) atoms. The van der Waals surface area contributed by atoms with Crippen LogP contribution in [0.3, 0.4) is 0 Å². The average Bonchev–Trinajstić information content (AvgIpc) is 3.39. The molecule has 1 atom stereocenters. The van der Waals surface area contributed by atoms with Gasteiger partial charge in [0.15, 0.2) is 5.65 Å². The number of nitrogens with zero attached hydrogens (tertiary/aromatic N) is 4. The molecule has 1 saturated heterocycles. The number of fused-ring (bicyclic) bond motifs is 1. The summed E-state index contributed by atoms with van der Waals surface area (Å²) in [4.78, 5) is 10.3. The molecule has 2 aromatic heterocycles. The summed E-state index contributed by atoms with van der Waals surface area (Å²) >= 11 is 0. The smallest absolute Gasteiger partial charge is 0.408 e. The van der Waals surface area contributed by atoms with Gasteiger partial charge in [-0.15, -0.1) is 0 Å². The Labute approximate surface area is 241 Å². The van der Waals surface area contributed by atoms with Crippen LogP contribution in [0.25, 0.3) is 11.0 Å². The Morgan fingerprint density at radius 1 is 1.07 bits per heavy atom. The number of morpholine rings is 1. The standard InChI is InChI=1S/C28H30F3N5O5S/c1-4-41-26-21-11-12-36(42(37,38)20-8-5-18(2)6-9-20)25(21)33-27(34-26)32-22-10-7-19(17-23(22)39-3)24(28(29,30)31)35-13-15-40-16-14-35/h5-12,17,24H,4,13-16H2,1-3H3,(H,32,33,34). The lowest BCUT2D eigenvalue weighted by molar-refractivity contribution is -0.194. The monoisotopic (exact) mass is 605 g/mol. The molecule has 0 spiro atoms. The first kappa shape index (κ1) is 29.6. The highest BCUT2D eigenvalue weighted by Crippen LogP contribution is 2.41. The lowest BCUT2D eigenvalue weighted by atomic mass is 10.0. The van der Waals surface area contributed by atoms with Crippen molar-refractivity contribution in [2.45, 2.75) is 31.0 Å². The Morgan fingerprint density at radius 2 is 1.79 bits per heavy atom. The predicted octanol–water partition coefficient (Wildman–Crippen LogP) is 5.06. The Morgan fingerprint density at radius 3 is 2.43 bits per heavy atom. The number of hydrogen-bond acceptors (Lipinski definition) is 9. The highest BCUT2D eigenvalue weighted by atomic mass is 32.2. The second-order valence-corrected chi connectivity index (χ2v) is 11.4. The lowest BCUT2D eigenvalue weighted by Crippen LogP contribution is -2.44. The second kappa shape index (κ2) is 11.8. The minimum Gasteiger partial charge on any atom is -0.495 e. The molecule has 10 nitrogen and oxygen atoms in total. The number of benzene rings is 2. The summed E-state index contributed by atoms with van der Waals surface area (Å²) in [6, 6.07) is 10.3. The first-order valence-electron chi connectivity index (χ1n) is 13.2. The molecular formula is C28H30F3N5O5S. The molecule has 3 heterocycles. The van der Waals surface area contributed by atoms with E-state index in [2.05, 4.69) is 15.3 Å². The third-order valence-corrected chi connectivity index (χ3v) is 8.52. The molecule has 4 aromatic rings. The molecular weight excluding hydrogens is 575 g/mol. The summed E-state index contributed by atoms with van der Waals surface area (Å²) in [7, 11) is -2.67. The minimum absolute atomic E-state index is 0.0104. The number of alkyl halides is 3. The molecule has 5 rings (SSSR count). The van der Waals surface area contributed by atoms with Gasteiger partial charge in [0.2, 0.25) is 11.8 Å². The van der Waals surface area contributed by atoms with Gasteiger partial charge in [-0.3, -0.25) is 4.90 Å². The number of hydrogen-bond donors (Lipinski definition) is 1. The molecule has 0 radical (unpaired) electrons. The molecule has 1 N–H and O–H groups in total. The molecule has 1 unspecified atom stereocenters. The van der Waals surface area contributed by atoms with Gasteiger partial charge in [-0.1, -0.05) is 23.8 Å². The highest BCUT2D eigenvalue weighted by Gasteiger charge is 2.45. The summed E-state index contributed by atoms with van der Waals surface area (Å²) in [5.41, 5.74) is 1.27. The summed E-state index contributed by atoms with van der Waals surface area (Å²) in [5.74, 6) is 0.235. The lowest BCUT2D eigenvalue weighted by Gasteiger charge is -2.36. The quantitative estimate of drug-likeness (QED) is 0.280. The normalized spacial score (nSPS) is 15.5. The van der Waals surface area contributed by atoms with E-state index in [9.17, 15) is 21.6 Å². The SMILES string of the molecule is CCOc1nc(Nc2ccc(C(N3CCOCC3)C(F)(F)F)cc2OC)nc2c1ccn2S(=O)(=O)c1ccc(C)cc1. The van der Waals surface area contributed by atoms with Crippen LogP contribution in [0.4, 0.5) is 24.8 Å². The van der Waals surface area contributed by atoms with E-state index in [4.69, 9.17) is 14.2 Å². The number of aromatic nitrogens is 3. The van der Waals surface area contributed by atoms with E-state index in [0.29, 0.717) is 5.39 Å². The largest absolute Gasteiger partial charge is 0.495 e.